The molecule has 0 radical (unpaired) electrons. The predicted octanol–water partition coefficient (Wildman–Crippen LogP) is -1.47. The van der Waals surface area contributed by atoms with Crippen molar-refractivity contribution in [3.63, 3.8) is 0 Å². The zero-order valence-electron chi connectivity index (χ0n) is 13.9. The van der Waals surface area contributed by atoms with Gasteiger partial charge in [0.2, 0.25) is 0 Å². The van der Waals surface area contributed by atoms with E-state index in [1.807, 2.05) is 0 Å². The van der Waals surface area contributed by atoms with E-state index in [1.165, 1.54) is 12.1 Å². The van der Waals surface area contributed by atoms with Crippen molar-refractivity contribution in [1.82, 2.24) is 0 Å². The molecule has 4 rings (SSSR count). The van der Waals surface area contributed by atoms with Crippen molar-refractivity contribution < 1.29 is 52.1 Å². The maximum Gasteiger partial charge on any atom is 1.00 e. The smallest absolute Gasteiger partial charge is 0.744 e. The van der Waals surface area contributed by atoms with Crippen LogP contribution in [0.5, 0.6) is 0 Å². The second-order valence-corrected chi connectivity index (χ2v) is 7.51. The zero-order chi connectivity index (χ0) is 17.9. The first kappa shape index (κ1) is 19.1. The van der Waals surface area contributed by atoms with Gasteiger partial charge in [0, 0.05) is 22.9 Å². The Morgan fingerprint density at radius 2 is 1.58 bits per heavy atom. The van der Waals surface area contributed by atoms with E-state index in [0.29, 0.717) is 0 Å². The minimum atomic E-state index is -4.90. The third kappa shape index (κ3) is 2.97. The molecule has 2 aliphatic carbocycles. The Labute approximate surface area is 172 Å². The van der Waals surface area contributed by atoms with E-state index in [0.717, 1.165) is 18.9 Å². The van der Waals surface area contributed by atoms with Gasteiger partial charge >= 0.3 is 29.6 Å². The van der Waals surface area contributed by atoms with Crippen LogP contribution in [0.2, 0.25) is 0 Å². The Hall–Kier alpha value is -1.71. The summed E-state index contributed by atoms with van der Waals surface area (Å²) in [6.07, 6.45) is 1.72. The Morgan fingerprint density at radius 3 is 2.08 bits per heavy atom. The van der Waals surface area contributed by atoms with Gasteiger partial charge in [-0.15, -0.1) is 0 Å². The number of rotatable bonds is 3. The number of fused-ring (bicyclic) bond motifs is 2. The molecule has 2 aromatic rings. The van der Waals surface area contributed by atoms with E-state index >= 15 is 0 Å². The number of nitrogens with one attached hydrogen (secondary N) is 1. The van der Waals surface area contributed by atoms with Crippen molar-refractivity contribution in [2.75, 3.05) is 11.1 Å². The summed E-state index contributed by atoms with van der Waals surface area (Å²) in [6, 6.07) is 7.40. The van der Waals surface area contributed by atoms with E-state index in [2.05, 4.69) is 5.32 Å². The predicted molar refractivity (Wildman–Crippen MR) is 88.8 cm³/mol. The van der Waals surface area contributed by atoms with Crippen molar-refractivity contribution in [2.24, 2.45) is 0 Å². The number of nitrogens with two attached hydrogens (primary N) is 1. The van der Waals surface area contributed by atoms with Crippen LogP contribution in [-0.2, 0) is 10.1 Å². The van der Waals surface area contributed by atoms with Gasteiger partial charge < -0.3 is 15.6 Å². The maximum absolute atomic E-state index is 12.9. The normalized spacial score (nSPS) is 15.7. The van der Waals surface area contributed by atoms with Crippen LogP contribution in [0.25, 0.3) is 0 Å². The van der Waals surface area contributed by atoms with Gasteiger partial charge in [-0.2, -0.15) is 0 Å². The standard InChI is InChI=1S/C17H14N2O5S.Na/c18-15-12(25(22,23)24)7-11(19-8-5-6-8)13-14(15)17(21)10-4-2-1-3-9(10)16(13)20;/h1-4,7-8,19H,5-6,18H2,(H,22,23,24);/q;+1/p-1. The maximum atomic E-state index is 12.9. The average Bonchev–Trinajstić information content (AvgIpc) is 3.37. The monoisotopic (exact) mass is 380 g/mol. The molecule has 0 spiro atoms. The van der Waals surface area contributed by atoms with E-state index in [9.17, 15) is 22.6 Å². The van der Waals surface area contributed by atoms with Crippen molar-refractivity contribution in [2.45, 2.75) is 23.8 Å². The molecule has 0 aliphatic heterocycles. The summed E-state index contributed by atoms with van der Waals surface area (Å²) in [5, 5.41) is 3.03. The molecule has 26 heavy (non-hydrogen) atoms. The van der Waals surface area contributed by atoms with Crippen molar-refractivity contribution in [1.29, 1.82) is 0 Å². The van der Waals surface area contributed by atoms with Gasteiger partial charge in [0.05, 0.1) is 21.7 Å². The Kier molecular flexibility index (Phi) is 4.74. The van der Waals surface area contributed by atoms with Gasteiger partial charge in [-0.3, -0.25) is 9.59 Å². The molecule has 0 aromatic heterocycles. The Bertz CT molecular complexity index is 1060. The molecular weight excluding hydrogens is 367 g/mol. The molecule has 2 aliphatic rings. The summed E-state index contributed by atoms with van der Waals surface area (Å²) in [4.78, 5) is 25.1. The zero-order valence-corrected chi connectivity index (χ0v) is 16.7. The van der Waals surface area contributed by atoms with Crippen LogP contribution in [-0.4, -0.2) is 30.6 Å². The second-order valence-electron chi connectivity index (χ2n) is 6.16. The molecule has 0 atom stereocenters. The molecule has 1 saturated carbocycles. The van der Waals surface area contributed by atoms with Crippen LogP contribution < -0.4 is 40.6 Å². The first-order valence-electron chi connectivity index (χ1n) is 7.66. The Morgan fingerprint density at radius 1 is 1.04 bits per heavy atom. The Balaban J connectivity index is 0.00000196. The van der Waals surface area contributed by atoms with Crippen molar-refractivity contribution in [3.8, 4) is 0 Å². The molecule has 2 aromatic carbocycles. The molecule has 0 heterocycles. The molecular formula is C17H13N2NaO5S. The molecule has 128 valence electrons. The number of benzene rings is 2. The largest absolute Gasteiger partial charge is 1.00 e. The van der Waals surface area contributed by atoms with Gasteiger partial charge in [-0.1, -0.05) is 24.3 Å². The SMILES string of the molecule is Nc1c(S(=O)(=O)[O-])cc(NC2CC2)c2c1C(=O)c1ccccc1C2=O.[Na+]. The molecule has 0 amide bonds. The van der Waals surface area contributed by atoms with E-state index < -0.39 is 32.3 Å². The number of ketones is 2. The summed E-state index contributed by atoms with van der Waals surface area (Å²) < 4.78 is 34.7. The third-order valence-corrected chi connectivity index (χ3v) is 5.28. The molecule has 1 fully saturated rings. The average molecular weight is 380 g/mol. The van der Waals surface area contributed by atoms with Gasteiger partial charge in [0.15, 0.2) is 11.6 Å². The van der Waals surface area contributed by atoms with E-state index in [1.54, 1.807) is 12.1 Å². The number of hydrogen-bond donors (Lipinski definition) is 2. The summed E-state index contributed by atoms with van der Waals surface area (Å²) in [7, 11) is -4.90. The van der Waals surface area contributed by atoms with Crippen LogP contribution in [0.15, 0.2) is 35.2 Å². The van der Waals surface area contributed by atoms with Crippen LogP contribution >= 0.6 is 0 Å². The number of hydrogen-bond acceptors (Lipinski definition) is 7. The van der Waals surface area contributed by atoms with Gasteiger partial charge in [-0.05, 0) is 18.9 Å². The molecule has 7 nitrogen and oxygen atoms in total. The minimum absolute atomic E-state index is 0. The fraction of sp³-hybridized carbons (Fsp3) is 0.176. The molecule has 0 saturated heterocycles. The molecule has 0 unspecified atom stereocenters. The fourth-order valence-corrected chi connectivity index (χ4v) is 3.70. The molecule has 9 heteroatoms. The fourth-order valence-electron chi connectivity index (χ4n) is 3.06. The van der Waals surface area contributed by atoms with Gasteiger partial charge in [0.1, 0.15) is 10.1 Å². The quantitative estimate of drug-likeness (QED) is 0.322. The number of carbonyl (C=O) groups excluding carboxylic acids is 2. The van der Waals surface area contributed by atoms with Gasteiger partial charge in [-0.25, -0.2) is 8.42 Å². The number of nitrogen functional groups attached to an aromatic ring is 1. The summed E-state index contributed by atoms with van der Waals surface area (Å²) in [5.74, 6) is -0.984. The van der Waals surface area contributed by atoms with E-state index in [-0.39, 0.29) is 63.5 Å². The first-order chi connectivity index (χ1) is 11.8. The summed E-state index contributed by atoms with van der Waals surface area (Å²) in [6.45, 7) is 0. The van der Waals surface area contributed by atoms with Crippen LogP contribution in [0.3, 0.4) is 0 Å². The second kappa shape index (κ2) is 6.47. The first-order valence-corrected chi connectivity index (χ1v) is 9.07. The van der Waals surface area contributed by atoms with Gasteiger partial charge in [0.25, 0.3) is 0 Å². The molecule has 0 bridgehead atoms. The van der Waals surface area contributed by atoms with E-state index in [4.69, 9.17) is 5.73 Å². The van der Waals surface area contributed by atoms with Crippen LogP contribution in [0, 0.1) is 0 Å². The summed E-state index contributed by atoms with van der Waals surface area (Å²) >= 11 is 0. The topological polar surface area (TPSA) is 129 Å². The minimum Gasteiger partial charge on any atom is -0.744 e. The molecule has 3 N–H and O–H groups in total. The number of carbonyl (C=O) groups is 2. The summed E-state index contributed by atoms with van der Waals surface area (Å²) in [5.41, 5.74) is 5.71. The van der Waals surface area contributed by atoms with Crippen molar-refractivity contribution >= 4 is 33.1 Å². The van der Waals surface area contributed by atoms with Crippen LogP contribution in [0.4, 0.5) is 11.4 Å². The van der Waals surface area contributed by atoms with Crippen molar-refractivity contribution in [3.05, 3.63) is 52.6 Å². The third-order valence-electron chi connectivity index (χ3n) is 4.41. The number of anilines is 2. The van der Waals surface area contributed by atoms with Crippen LogP contribution in [0.1, 0.15) is 44.7 Å².